The molecule has 1 aliphatic heterocycles. The maximum absolute atomic E-state index is 13.2. The molecule has 3 rings (SSSR count). The zero-order valence-electron chi connectivity index (χ0n) is 13.2. The van der Waals surface area contributed by atoms with Gasteiger partial charge < -0.3 is 4.90 Å². The Bertz CT molecular complexity index is 648. The molecule has 1 saturated heterocycles. The van der Waals surface area contributed by atoms with Gasteiger partial charge in [0.05, 0.1) is 0 Å². The van der Waals surface area contributed by atoms with Crippen molar-refractivity contribution >= 4 is 5.91 Å². The average molecular weight is 311 g/mol. The van der Waals surface area contributed by atoms with E-state index in [9.17, 15) is 9.18 Å². The molecule has 0 bridgehead atoms. The summed E-state index contributed by atoms with van der Waals surface area (Å²) >= 11 is 0. The molecule has 0 saturated carbocycles. The van der Waals surface area contributed by atoms with Gasteiger partial charge in [-0.3, -0.25) is 4.79 Å². The van der Waals surface area contributed by atoms with Crippen LogP contribution in [0.4, 0.5) is 4.39 Å². The molecule has 1 fully saturated rings. The fraction of sp³-hybridized carbons (Fsp3) is 0.350. The second-order valence-corrected chi connectivity index (χ2v) is 6.20. The lowest BCUT2D eigenvalue weighted by Crippen LogP contribution is -2.38. The Kier molecular flexibility index (Phi) is 5.06. The summed E-state index contributed by atoms with van der Waals surface area (Å²) in [4.78, 5) is 14.3. The molecule has 23 heavy (non-hydrogen) atoms. The van der Waals surface area contributed by atoms with Gasteiger partial charge in [0.25, 0.3) is 0 Å². The molecule has 0 unspecified atom stereocenters. The molecule has 3 heteroatoms. The molecule has 1 aliphatic rings. The highest BCUT2D eigenvalue weighted by Crippen LogP contribution is 2.28. The highest BCUT2D eigenvalue weighted by atomic mass is 19.1. The van der Waals surface area contributed by atoms with Crippen molar-refractivity contribution in [3.63, 3.8) is 0 Å². The highest BCUT2D eigenvalue weighted by Gasteiger charge is 2.23. The smallest absolute Gasteiger partial charge is 0.222 e. The van der Waals surface area contributed by atoms with Gasteiger partial charge in [0.15, 0.2) is 0 Å². The second-order valence-electron chi connectivity index (χ2n) is 6.20. The lowest BCUT2D eigenvalue weighted by atomic mass is 9.89. The predicted molar refractivity (Wildman–Crippen MR) is 89.7 cm³/mol. The number of likely N-dealkylation sites (tertiary alicyclic amines) is 1. The van der Waals surface area contributed by atoms with Crippen molar-refractivity contribution in [1.82, 2.24) is 4.90 Å². The molecule has 0 N–H and O–H groups in total. The quantitative estimate of drug-likeness (QED) is 0.830. The number of nitrogens with zero attached hydrogens (tertiary/aromatic N) is 1. The SMILES string of the molecule is O=C(CCc1cccc(F)c1)N1CCC(c2ccccc2)CC1. The number of rotatable bonds is 4. The van der Waals surface area contributed by atoms with Gasteiger partial charge >= 0.3 is 0 Å². The van der Waals surface area contributed by atoms with Gasteiger partial charge in [0.1, 0.15) is 5.82 Å². The van der Waals surface area contributed by atoms with Gasteiger partial charge in [-0.15, -0.1) is 0 Å². The number of hydrogen-bond donors (Lipinski definition) is 0. The number of amides is 1. The number of hydrogen-bond acceptors (Lipinski definition) is 1. The van der Waals surface area contributed by atoms with Crippen LogP contribution in [0.15, 0.2) is 54.6 Å². The van der Waals surface area contributed by atoms with E-state index >= 15 is 0 Å². The van der Waals surface area contributed by atoms with Crippen LogP contribution in [0.2, 0.25) is 0 Å². The molecule has 1 heterocycles. The van der Waals surface area contributed by atoms with Crippen LogP contribution in [0.3, 0.4) is 0 Å². The normalized spacial score (nSPS) is 15.6. The number of benzene rings is 2. The van der Waals surface area contributed by atoms with Crippen molar-refractivity contribution in [1.29, 1.82) is 0 Å². The van der Waals surface area contributed by atoms with Crippen LogP contribution in [0, 0.1) is 5.82 Å². The Morgan fingerprint density at radius 1 is 1.04 bits per heavy atom. The first kappa shape index (κ1) is 15.7. The number of carbonyl (C=O) groups is 1. The fourth-order valence-corrected chi connectivity index (χ4v) is 3.29. The summed E-state index contributed by atoms with van der Waals surface area (Å²) in [5.74, 6) is 0.503. The Labute approximate surface area is 136 Å². The first-order chi connectivity index (χ1) is 11.2. The first-order valence-electron chi connectivity index (χ1n) is 8.29. The van der Waals surface area contributed by atoms with Crippen LogP contribution < -0.4 is 0 Å². The van der Waals surface area contributed by atoms with E-state index in [0.717, 1.165) is 31.5 Å². The minimum atomic E-state index is -0.237. The van der Waals surface area contributed by atoms with E-state index in [-0.39, 0.29) is 11.7 Å². The molecular weight excluding hydrogens is 289 g/mol. The van der Waals surface area contributed by atoms with E-state index in [1.165, 1.54) is 17.7 Å². The lowest BCUT2D eigenvalue weighted by Gasteiger charge is -2.32. The summed E-state index contributed by atoms with van der Waals surface area (Å²) in [5, 5.41) is 0. The molecule has 0 radical (unpaired) electrons. The third-order valence-electron chi connectivity index (χ3n) is 4.64. The van der Waals surface area contributed by atoms with E-state index in [4.69, 9.17) is 0 Å². The highest BCUT2D eigenvalue weighted by molar-refractivity contribution is 5.76. The third-order valence-corrected chi connectivity index (χ3v) is 4.64. The molecule has 0 atom stereocenters. The average Bonchev–Trinajstić information content (AvgIpc) is 2.61. The third kappa shape index (κ3) is 4.19. The van der Waals surface area contributed by atoms with E-state index < -0.39 is 0 Å². The Morgan fingerprint density at radius 3 is 2.48 bits per heavy atom. The topological polar surface area (TPSA) is 20.3 Å². The zero-order valence-corrected chi connectivity index (χ0v) is 13.2. The summed E-state index contributed by atoms with van der Waals surface area (Å²) in [6, 6.07) is 17.0. The van der Waals surface area contributed by atoms with Crippen LogP contribution in [0.1, 0.15) is 36.3 Å². The number of aryl methyl sites for hydroxylation is 1. The van der Waals surface area contributed by atoms with Gasteiger partial charge in [-0.2, -0.15) is 0 Å². The van der Waals surface area contributed by atoms with Crippen LogP contribution in [0.25, 0.3) is 0 Å². The van der Waals surface area contributed by atoms with Gasteiger partial charge in [0.2, 0.25) is 5.91 Å². The standard InChI is InChI=1S/C20H22FNO/c21-19-8-4-5-16(15-19)9-10-20(23)22-13-11-18(12-14-22)17-6-2-1-3-7-17/h1-8,15,18H,9-14H2. The minimum absolute atomic E-state index is 0.181. The Balaban J connectivity index is 1.48. The van der Waals surface area contributed by atoms with Crippen molar-refractivity contribution in [2.24, 2.45) is 0 Å². The van der Waals surface area contributed by atoms with E-state index in [1.807, 2.05) is 17.0 Å². The molecule has 0 aromatic heterocycles. The largest absolute Gasteiger partial charge is 0.343 e. The van der Waals surface area contributed by atoms with Gasteiger partial charge in [-0.1, -0.05) is 42.5 Å². The van der Waals surface area contributed by atoms with E-state index in [2.05, 4.69) is 24.3 Å². The van der Waals surface area contributed by atoms with Gasteiger partial charge in [0, 0.05) is 19.5 Å². The summed E-state index contributed by atoms with van der Waals surface area (Å²) in [7, 11) is 0. The van der Waals surface area contributed by atoms with Crippen molar-refractivity contribution in [3.05, 3.63) is 71.5 Å². The van der Waals surface area contributed by atoms with E-state index in [1.54, 1.807) is 6.07 Å². The van der Waals surface area contributed by atoms with Gasteiger partial charge in [-0.25, -0.2) is 4.39 Å². The molecule has 0 spiro atoms. The summed E-state index contributed by atoms with van der Waals surface area (Å²) in [6.45, 7) is 1.64. The number of piperidine rings is 1. The van der Waals surface area contributed by atoms with E-state index in [0.29, 0.717) is 18.8 Å². The van der Waals surface area contributed by atoms with Crippen molar-refractivity contribution in [2.75, 3.05) is 13.1 Å². The first-order valence-corrected chi connectivity index (χ1v) is 8.29. The molecule has 1 amide bonds. The molecule has 0 aliphatic carbocycles. The monoisotopic (exact) mass is 311 g/mol. The molecule has 120 valence electrons. The fourth-order valence-electron chi connectivity index (χ4n) is 3.29. The Morgan fingerprint density at radius 2 is 1.78 bits per heavy atom. The van der Waals surface area contributed by atoms with Crippen molar-refractivity contribution in [2.45, 2.75) is 31.6 Å². The summed E-state index contributed by atoms with van der Waals surface area (Å²) in [6.07, 6.45) is 3.11. The lowest BCUT2D eigenvalue weighted by molar-refractivity contribution is -0.132. The number of carbonyl (C=O) groups excluding carboxylic acids is 1. The summed E-state index contributed by atoms with van der Waals surface area (Å²) in [5.41, 5.74) is 2.26. The van der Waals surface area contributed by atoms with Crippen LogP contribution in [-0.2, 0) is 11.2 Å². The molecular formula is C20H22FNO. The number of halogens is 1. The maximum atomic E-state index is 13.2. The second kappa shape index (κ2) is 7.40. The zero-order chi connectivity index (χ0) is 16.1. The van der Waals surface area contributed by atoms with Crippen LogP contribution in [0.5, 0.6) is 0 Å². The van der Waals surface area contributed by atoms with Crippen molar-refractivity contribution in [3.8, 4) is 0 Å². The maximum Gasteiger partial charge on any atom is 0.222 e. The van der Waals surface area contributed by atoms with Crippen LogP contribution >= 0.6 is 0 Å². The summed E-state index contributed by atoms with van der Waals surface area (Å²) < 4.78 is 13.2. The Hall–Kier alpha value is -2.16. The van der Waals surface area contributed by atoms with Crippen LogP contribution in [-0.4, -0.2) is 23.9 Å². The molecule has 2 nitrogen and oxygen atoms in total. The molecule has 2 aromatic carbocycles. The van der Waals surface area contributed by atoms with Crippen molar-refractivity contribution < 1.29 is 9.18 Å². The predicted octanol–water partition coefficient (Wildman–Crippen LogP) is 4.16. The van der Waals surface area contributed by atoms with Gasteiger partial charge in [-0.05, 0) is 48.4 Å². The minimum Gasteiger partial charge on any atom is -0.343 e. The molecule has 2 aromatic rings.